The number of hydrogen-bond acceptors (Lipinski definition) is 11. The first-order valence-corrected chi connectivity index (χ1v) is 14.2. The molecule has 0 spiro atoms. The number of carbonyl (C=O) groups excluding carboxylic acids is 2. The summed E-state index contributed by atoms with van der Waals surface area (Å²) >= 11 is 0. The molecule has 0 aromatic carbocycles. The second-order valence-electron chi connectivity index (χ2n) is 9.01. The molecular weight excluding hydrogens is 500 g/mol. The zero-order chi connectivity index (χ0) is 27.1. The van der Waals surface area contributed by atoms with Gasteiger partial charge >= 0.3 is 11.9 Å². The molecule has 0 radical (unpaired) electrons. The maximum atomic E-state index is 12.3. The van der Waals surface area contributed by atoms with Gasteiger partial charge in [-0.15, -0.1) is 0 Å². The molecule has 12 nitrogen and oxygen atoms in total. The molecule has 0 amide bonds. The molecule has 6 atom stereocenters. The quantitative estimate of drug-likeness (QED) is 0.110. The highest BCUT2D eigenvalue weighted by molar-refractivity contribution is 7.85. The van der Waals surface area contributed by atoms with Gasteiger partial charge < -0.3 is 34.3 Å². The Balaban J connectivity index is 2.66. The van der Waals surface area contributed by atoms with Crippen molar-refractivity contribution in [3.63, 3.8) is 0 Å². The molecule has 1 aliphatic heterocycles. The predicted octanol–water partition coefficient (Wildman–Crippen LogP) is 1.09. The topological polar surface area (TPSA) is 186 Å². The van der Waals surface area contributed by atoms with Crippen LogP contribution < -0.4 is 0 Å². The van der Waals surface area contributed by atoms with Crippen LogP contribution in [0, 0.1) is 0 Å². The van der Waals surface area contributed by atoms with Crippen molar-refractivity contribution in [2.75, 3.05) is 19.0 Å². The lowest BCUT2D eigenvalue weighted by Gasteiger charge is -2.40. The van der Waals surface area contributed by atoms with E-state index in [1.807, 2.05) is 0 Å². The van der Waals surface area contributed by atoms with E-state index < -0.39 is 71.2 Å². The molecule has 1 saturated heterocycles. The average Bonchev–Trinajstić information content (AvgIpc) is 2.80. The van der Waals surface area contributed by atoms with E-state index in [1.165, 1.54) is 6.42 Å². The normalized spacial score (nSPS) is 25.3. The monoisotopic (exact) mass is 542 g/mol. The van der Waals surface area contributed by atoms with E-state index in [4.69, 9.17) is 23.5 Å². The van der Waals surface area contributed by atoms with Crippen molar-refractivity contribution in [1.29, 1.82) is 0 Å². The van der Waals surface area contributed by atoms with Gasteiger partial charge in [-0.25, -0.2) is 0 Å². The van der Waals surface area contributed by atoms with E-state index >= 15 is 0 Å². The number of unbranched alkanes of at least 4 members (excludes halogenated alkanes) is 6. The largest absolute Gasteiger partial charge is 0.462 e. The highest BCUT2D eigenvalue weighted by atomic mass is 32.2. The van der Waals surface area contributed by atoms with Gasteiger partial charge in [0.25, 0.3) is 10.1 Å². The van der Waals surface area contributed by atoms with Crippen LogP contribution in [0.5, 0.6) is 0 Å². The summed E-state index contributed by atoms with van der Waals surface area (Å²) in [6, 6.07) is 0. The minimum Gasteiger partial charge on any atom is -0.462 e. The van der Waals surface area contributed by atoms with Gasteiger partial charge in [0.05, 0.1) is 6.61 Å². The van der Waals surface area contributed by atoms with E-state index in [0.29, 0.717) is 12.8 Å². The summed E-state index contributed by atoms with van der Waals surface area (Å²) in [5.74, 6) is -2.05. The van der Waals surface area contributed by atoms with E-state index in [1.54, 1.807) is 6.92 Å². The van der Waals surface area contributed by atoms with Crippen LogP contribution in [-0.2, 0) is 38.7 Å². The number of ether oxygens (including phenoxy) is 4. The van der Waals surface area contributed by atoms with E-state index in [0.717, 1.165) is 32.1 Å². The molecule has 0 aromatic heterocycles. The molecular formula is C23H42O12S. The zero-order valence-electron chi connectivity index (χ0n) is 21.1. The van der Waals surface area contributed by atoms with Crippen molar-refractivity contribution in [1.82, 2.24) is 0 Å². The molecule has 1 heterocycles. The fourth-order valence-corrected chi connectivity index (χ4v) is 4.34. The van der Waals surface area contributed by atoms with Gasteiger partial charge in [-0.2, -0.15) is 8.42 Å². The van der Waals surface area contributed by atoms with Gasteiger partial charge in [-0.05, 0) is 12.8 Å². The van der Waals surface area contributed by atoms with Gasteiger partial charge in [-0.1, -0.05) is 52.4 Å². The van der Waals surface area contributed by atoms with Crippen molar-refractivity contribution < 1.29 is 56.8 Å². The summed E-state index contributed by atoms with van der Waals surface area (Å²) in [7, 11) is -4.57. The maximum absolute atomic E-state index is 12.3. The highest BCUT2D eigenvalue weighted by Crippen LogP contribution is 2.23. The zero-order valence-corrected chi connectivity index (χ0v) is 21.9. The van der Waals surface area contributed by atoms with Crippen LogP contribution in [-0.4, -0.2) is 96.0 Å². The Kier molecular flexibility index (Phi) is 15.6. The third-order valence-electron chi connectivity index (χ3n) is 5.66. The third-order valence-corrected chi connectivity index (χ3v) is 6.41. The molecule has 0 unspecified atom stereocenters. The molecule has 36 heavy (non-hydrogen) atoms. The number of rotatable bonds is 18. The van der Waals surface area contributed by atoms with Crippen molar-refractivity contribution in [2.45, 2.75) is 115 Å². The smallest absolute Gasteiger partial charge is 0.306 e. The Morgan fingerprint density at radius 3 is 2.08 bits per heavy atom. The fraction of sp³-hybridized carbons (Fsp3) is 0.913. The van der Waals surface area contributed by atoms with Crippen LogP contribution in [0.1, 0.15) is 78.1 Å². The highest BCUT2D eigenvalue weighted by Gasteiger charge is 2.46. The minimum atomic E-state index is -4.57. The van der Waals surface area contributed by atoms with Crippen LogP contribution in [0.15, 0.2) is 0 Å². The van der Waals surface area contributed by atoms with Gasteiger partial charge in [-0.3, -0.25) is 14.1 Å². The summed E-state index contributed by atoms with van der Waals surface area (Å²) in [6.07, 6.45) is -1.57. The first kappa shape index (κ1) is 32.7. The Labute approximate surface area is 213 Å². The van der Waals surface area contributed by atoms with Gasteiger partial charge in [0, 0.05) is 12.8 Å². The number of hydrogen-bond donors (Lipinski definition) is 4. The molecule has 1 rings (SSSR count). The fourth-order valence-electron chi connectivity index (χ4n) is 3.65. The molecule has 0 aliphatic carbocycles. The maximum Gasteiger partial charge on any atom is 0.306 e. The second kappa shape index (κ2) is 17.2. The lowest BCUT2D eigenvalue weighted by molar-refractivity contribution is -0.297. The SMILES string of the molecule is CCCCCCCCCC(=O)O[C@H](COC(=O)CCC)CO[C@@H]1O[C@H](CS(=O)(=O)O)[C@@H](O)[C@H](O)[C@H]1O. The summed E-state index contributed by atoms with van der Waals surface area (Å²) in [5, 5.41) is 30.1. The minimum absolute atomic E-state index is 0.164. The lowest BCUT2D eigenvalue weighted by atomic mass is 10.00. The summed E-state index contributed by atoms with van der Waals surface area (Å²) in [5.41, 5.74) is 0. The molecule has 212 valence electrons. The molecule has 0 aromatic rings. The second-order valence-corrected chi connectivity index (χ2v) is 10.5. The standard InChI is InChI=1S/C23H42O12S/c1-3-5-6-7-8-9-10-12-19(25)34-16(13-32-18(24)11-4-2)14-33-23-22(28)21(27)20(26)17(35-23)15-36(29,30)31/h16-17,20-23,26-28H,3-15H2,1-2H3,(H,29,30,31)/t16-,17-,20-,21+,22-,23-/m1/s1. The molecule has 0 bridgehead atoms. The van der Waals surface area contributed by atoms with Crippen LogP contribution in [0.4, 0.5) is 0 Å². The number of aliphatic hydroxyl groups excluding tert-OH is 3. The van der Waals surface area contributed by atoms with Crippen LogP contribution >= 0.6 is 0 Å². The third kappa shape index (κ3) is 13.3. The molecule has 0 saturated carbocycles. The summed E-state index contributed by atoms with van der Waals surface area (Å²) in [6.45, 7) is 3.21. The molecule has 4 N–H and O–H groups in total. The van der Waals surface area contributed by atoms with E-state index in [-0.39, 0.29) is 19.4 Å². The van der Waals surface area contributed by atoms with Gasteiger partial charge in [0.1, 0.15) is 36.8 Å². The summed E-state index contributed by atoms with van der Waals surface area (Å²) in [4.78, 5) is 24.1. The number of aliphatic hydroxyl groups is 3. The van der Waals surface area contributed by atoms with Crippen LogP contribution in [0.2, 0.25) is 0 Å². The van der Waals surface area contributed by atoms with Gasteiger partial charge in [0.15, 0.2) is 12.4 Å². The Bertz CT molecular complexity index is 743. The Morgan fingerprint density at radius 2 is 1.47 bits per heavy atom. The molecule has 1 fully saturated rings. The molecule has 13 heteroatoms. The Morgan fingerprint density at radius 1 is 0.833 bits per heavy atom. The van der Waals surface area contributed by atoms with E-state index in [2.05, 4.69) is 6.92 Å². The van der Waals surface area contributed by atoms with Crippen LogP contribution in [0.3, 0.4) is 0 Å². The van der Waals surface area contributed by atoms with Crippen molar-refractivity contribution in [3.05, 3.63) is 0 Å². The lowest BCUT2D eigenvalue weighted by Crippen LogP contribution is -2.60. The van der Waals surface area contributed by atoms with Crippen molar-refractivity contribution >= 4 is 22.1 Å². The predicted molar refractivity (Wildman–Crippen MR) is 127 cm³/mol. The van der Waals surface area contributed by atoms with Crippen LogP contribution in [0.25, 0.3) is 0 Å². The van der Waals surface area contributed by atoms with Gasteiger partial charge in [0.2, 0.25) is 0 Å². The van der Waals surface area contributed by atoms with Crippen molar-refractivity contribution in [2.24, 2.45) is 0 Å². The Hall–Kier alpha value is -1.35. The van der Waals surface area contributed by atoms with E-state index in [9.17, 15) is 33.3 Å². The number of carbonyl (C=O) groups is 2. The molecule has 1 aliphatic rings. The average molecular weight is 543 g/mol. The van der Waals surface area contributed by atoms with Crippen molar-refractivity contribution in [3.8, 4) is 0 Å². The number of esters is 2. The first-order chi connectivity index (χ1) is 17.0. The summed E-state index contributed by atoms with van der Waals surface area (Å²) < 4.78 is 52.5. The first-order valence-electron chi connectivity index (χ1n) is 12.6.